The Morgan fingerprint density at radius 2 is 1.74 bits per heavy atom. The minimum Gasteiger partial charge on any atom is -0.384 e. The number of hydrogen-bond donors (Lipinski definition) is 1. The summed E-state index contributed by atoms with van der Waals surface area (Å²) in [5, 5.41) is 6.31. The van der Waals surface area contributed by atoms with Gasteiger partial charge in [-0.1, -0.05) is 50.1 Å². The average molecular weight is 253 g/mol. The molecular formula is C18H23N. The van der Waals surface area contributed by atoms with Crippen LogP contribution in [0.4, 0.5) is 5.69 Å². The molecule has 19 heavy (non-hydrogen) atoms. The summed E-state index contributed by atoms with van der Waals surface area (Å²) in [6.45, 7) is 3.47. The van der Waals surface area contributed by atoms with Crippen molar-refractivity contribution < 1.29 is 0 Å². The van der Waals surface area contributed by atoms with E-state index < -0.39 is 0 Å². The first-order valence-corrected chi connectivity index (χ1v) is 7.54. The summed E-state index contributed by atoms with van der Waals surface area (Å²) in [4.78, 5) is 0. The van der Waals surface area contributed by atoms with Crippen LogP contribution in [0.1, 0.15) is 39.0 Å². The Kier molecular flexibility index (Phi) is 3.46. The fourth-order valence-corrected chi connectivity index (χ4v) is 3.37. The van der Waals surface area contributed by atoms with Crippen molar-refractivity contribution in [3.63, 3.8) is 0 Å². The maximum absolute atomic E-state index is 3.67. The summed E-state index contributed by atoms with van der Waals surface area (Å²) in [7, 11) is 0. The van der Waals surface area contributed by atoms with Gasteiger partial charge in [-0.05, 0) is 47.6 Å². The highest BCUT2D eigenvalue weighted by Crippen LogP contribution is 2.41. The fraction of sp³-hybridized carbons (Fsp3) is 0.444. The Balaban J connectivity index is 1.74. The summed E-state index contributed by atoms with van der Waals surface area (Å²) < 4.78 is 0. The molecule has 1 aliphatic rings. The predicted octanol–water partition coefficient (Wildman–Crippen LogP) is 5.22. The second-order valence-electron chi connectivity index (χ2n) is 5.98. The highest BCUT2D eigenvalue weighted by Gasteiger charge is 2.31. The van der Waals surface area contributed by atoms with Crippen molar-refractivity contribution in [2.45, 2.75) is 39.0 Å². The van der Waals surface area contributed by atoms with E-state index >= 15 is 0 Å². The molecule has 0 saturated heterocycles. The first kappa shape index (κ1) is 12.5. The first-order valence-electron chi connectivity index (χ1n) is 7.54. The third kappa shape index (κ3) is 2.60. The van der Waals surface area contributed by atoms with E-state index in [1.165, 1.54) is 48.6 Å². The van der Waals surface area contributed by atoms with Crippen LogP contribution in [0.2, 0.25) is 0 Å². The van der Waals surface area contributed by atoms with Crippen molar-refractivity contribution in [1.82, 2.24) is 0 Å². The maximum atomic E-state index is 3.67. The second kappa shape index (κ2) is 5.24. The minimum absolute atomic E-state index is 0.547. The molecule has 100 valence electrons. The largest absolute Gasteiger partial charge is 0.384 e. The zero-order chi connectivity index (χ0) is 13.1. The number of nitrogens with one attached hydrogen (secondary N) is 1. The molecule has 0 radical (unpaired) electrons. The van der Waals surface area contributed by atoms with E-state index in [9.17, 15) is 0 Å². The summed E-state index contributed by atoms with van der Waals surface area (Å²) in [6, 6.07) is 15.3. The second-order valence-corrected chi connectivity index (χ2v) is 5.98. The van der Waals surface area contributed by atoms with Crippen LogP contribution in [0, 0.1) is 5.41 Å². The normalized spacial score (nSPS) is 17.7. The first-order chi connectivity index (χ1) is 9.31. The van der Waals surface area contributed by atoms with E-state index in [4.69, 9.17) is 0 Å². The fourth-order valence-electron chi connectivity index (χ4n) is 3.37. The van der Waals surface area contributed by atoms with Gasteiger partial charge < -0.3 is 5.32 Å². The molecule has 1 nitrogen and oxygen atoms in total. The number of rotatable bonds is 4. The summed E-state index contributed by atoms with van der Waals surface area (Å²) in [6.07, 6.45) is 6.90. The molecule has 1 fully saturated rings. The van der Waals surface area contributed by atoms with Gasteiger partial charge in [0.2, 0.25) is 0 Å². The molecule has 1 saturated carbocycles. The summed E-state index contributed by atoms with van der Waals surface area (Å²) >= 11 is 0. The van der Waals surface area contributed by atoms with E-state index in [0.29, 0.717) is 5.41 Å². The lowest BCUT2D eigenvalue weighted by molar-refractivity contribution is 0.307. The molecule has 0 amide bonds. The summed E-state index contributed by atoms with van der Waals surface area (Å²) in [5.74, 6) is 0. The van der Waals surface area contributed by atoms with Gasteiger partial charge in [0.15, 0.2) is 0 Å². The van der Waals surface area contributed by atoms with Gasteiger partial charge in [0.05, 0.1) is 0 Å². The van der Waals surface area contributed by atoms with Crippen molar-refractivity contribution in [3.8, 4) is 0 Å². The van der Waals surface area contributed by atoms with Crippen LogP contribution in [-0.4, -0.2) is 6.54 Å². The van der Waals surface area contributed by atoms with Crippen LogP contribution >= 0.6 is 0 Å². The molecule has 0 unspecified atom stereocenters. The van der Waals surface area contributed by atoms with Crippen LogP contribution < -0.4 is 5.32 Å². The van der Waals surface area contributed by atoms with Gasteiger partial charge in [-0.25, -0.2) is 0 Å². The van der Waals surface area contributed by atoms with E-state index in [1.54, 1.807) is 0 Å². The highest BCUT2D eigenvalue weighted by molar-refractivity contribution is 5.85. The summed E-state index contributed by atoms with van der Waals surface area (Å²) in [5.41, 5.74) is 1.81. The number of hydrogen-bond acceptors (Lipinski definition) is 1. The molecule has 0 heterocycles. The molecule has 2 aromatic carbocycles. The van der Waals surface area contributed by atoms with E-state index in [-0.39, 0.29) is 0 Å². The van der Waals surface area contributed by atoms with Crippen LogP contribution in [0.5, 0.6) is 0 Å². The molecular weight excluding hydrogens is 230 g/mol. The number of fused-ring (bicyclic) bond motifs is 1. The lowest BCUT2D eigenvalue weighted by Crippen LogP contribution is -2.25. The van der Waals surface area contributed by atoms with E-state index in [0.717, 1.165) is 6.54 Å². The number of benzene rings is 2. The Bertz CT molecular complexity index is 552. The third-order valence-electron chi connectivity index (χ3n) is 4.83. The van der Waals surface area contributed by atoms with Gasteiger partial charge in [0, 0.05) is 12.2 Å². The molecule has 1 heteroatoms. The van der Waals surface area contributed by atoms with Gasteiger partial charge >= 0.3 is 0 Å². The average Bonchev–Trinajstić information content (AvgIpc) is 2.94. The van der Waals surface area contributed by atoms with E-state index in [2.05, 4.69) is 54.7 Å². The van der Waals surface area contributed by atoms with Gasteiger partial charge in [0.1, 0.15) is 0 Å². The molecule has 0 aliphatic heterocycles. The third-order valence-corrected chi connectivity index (χ3v) is 4.83. The van der Waals surface area contributed by atoms with Gasteiger partial charge in [-0.2, -0.15) is 0 Å². The Morgan fingerprint density at radius 1 is 1.00 bits per heavy atom. The van der Waals surface area contributed by atoms with Crippen molar-refractivity contribution in [1.29, 1.82) is 0 Å². The van der Waals surface area contributed by atoms with Crippen LogP contribution in [0.25, 0.3) is 10.8 Å². The van der Waals surface area contributed by atoms with Crippen molar-refractivity contribution in [2.24, 2.45) is 5.41 Å². The molecule has 0 spiro atoms. The van der Waals surface area contributed by atoms with Crippen LogP contribution in [0.15, 0.2) is 42.5 Å². The Labute approximate surface area is 116 Å². The molecule has 0 bridgehead atoms. The standard InChI is InChI=1S/C18H23N/c1-2-18(11-5-6-12-18)14-19-17-10-9-15-7-3-4-8-16(15)13-17/h3-4,7-10,13,19H,2,5-6,11-12,14H2,1H3. The van der Waals surface area contributed by atoms with Crippen LogP contribution in [0.3, 0.4) is 0 Å². The predicted molar refractivity (Wildman–Crippen MR) is 83.6 cm³/mol. The minimum atomic E-state index is 0.547. The van der Waals surface area contributed by atoms with Gasteiger partial charge in [-0.15, -0.1) is 0 Å². The molecule has 0 aromatic heterocycles. The SMILES string of the molecule is CCC1(CNc2ccc3ccccc3c2)CCCC1. The molecule has 0 atom stereocenters. The molecule has 1 N–H and O–H groups in total. The Morgan fingerprint density at radius 3 is 2.47 bits per heavy atom. The molecule has 3 rings (SSSR count). The number of anilines is 1. The van der Waals surface area contributed by atoms with Gasteiger partial charge in [-0.3, -0.25) is 0 Å². The zero-order valence-corrected chi connectivity index (χ0v) is 11.8. The van der Waals surface area contributed by atoms with Gasteiger partial charge in [0.25, 0.3) is 0 Å². The van der Waals surface area contributed by atoms with Crippen molar-refractivity contribution >= 4 is 16.5 Å². The van der Waals surface area contributed by atoms with Crippen molar-refractivity contribution in [2.75, 3.05) is 11.9 Å². The maximum Gasteiger partial charge on any atom is 0.0346 e. The zero-order valence-electron chi connectivity index (χ0n) is 11.8. The lowest BCUT2D eigenvalue weighted by Gasteiger charge is -2.28. The smallest absolute Gasteiger partial charge is 0.0346 e. The quantitative estimate of drug-likeness (QED) is 0.787. The topological polar surface area (TPSA) is 12.0 Å². The lowest BCUT2D eigenvalue weighted by atomic mass is 9.83. The molecule has 1 aliphatic carbocycles. The molecule has 2 aromatic rings. The monoisotopic (exact) mass is 253 g/mol. The highest BCUT2D eigenvalue weighted by atomic mass is 14.9. The Hall–Kier alpha value is -1.50. The van der Waals surface area contributed by atoms with Crippen molar-refractivity contribution in [3.05, 3.63) is 42.5 Å². The van der Waals surface area contributed by atoms with Crippen LogP contribution in [-0.2, 0) is 0 Å². The van der Waals surface area contributed by atoms with E-state index in [1.807, 2.05) is 0 Å².